The summed E-state index contributed by atoms with van der Waals surface area (Å²) in [6.07, 6.45) is 4.02. The summed E-state index contributed by atoms with van der Waals surface area (Å²) in [5.41, 5.74) is 0. The van der Waals surface area contributed by atoms with Crippen LogP contribution in [0.1, 0.15) is 19.3 Å². The molecule has 0 unspecified atom stereocenters. The second-order valence-corrected chi connectivity index (χ2v) is 3.76. The summed E-state index contributed by atoms with van der Waals surface area (Å²) in [6, 6.07) is 0.891. The number of rotatable bonds is 5. The van der Waals surface area contributed by atoms with E-state index in [1.165, 1.54) is 12.8 Å². The Kier molecular flexibility index (Phi) is 2.63. The van der Waals surface area contributed by atoms with E-state index in [0.717, 1.165) is 32.2 Å². The van der Waals surface area contributed by atoms with Gasteiger partial charge < -0.3 is 9.84 Å². The quantitative estimate of drug-likeness (QED) is 0.601. The first-order chi connectivity index (χ1) is 5.90. The van der Waals surface area contributed by atoms with Crippen molar-refractivity contribution in [3.8, 4) is 0 Å². The van der Waals surface area contributed by atoms with Gasteiger partial charge in [-0.05, 0) is 19.3 Å². The van der Waals surface area contributed by atoms with Crippen LogP contribution in [0.5, 0.6) is 0 Å². The van der Waals surface area contributed by atoms with Gasteiger partial charge in [0.2, 0.25) is 0 Å². The van der Waals surface area contributed by atoms with Gasteiger partial charge in [0, 0.05) is 32.3 Å². The molecule has 0 radical (unpaired) electrons. The second kappa shape index (κ2) is 3.73. The maximum absolute atomic E-state index is 8.53. The largest absolute Gasteiger partial charge is 0.396 e. The van der Waals surface area contributed by atoms with Gasteiger partial charge in [0.1, 0.15) is 0 Å². The fraction of sp³-hybridized carbons (Fsp3) is 1.00. The molecule has 1 saturated heterocycles. The first-order valence-corrected chi connectivity index (χ1v) is 4.86. The number of hydrogen-bond donors (Lipinski definition) is 1. The van der Waals surface area contributed by atoms with Crippen molar-refractivity contribution < 1.29 is 9.84 Å². The van der Waals surface area contributed by atoms with Crippen LogP contribution in [0.15, 0.2) is 0 Å². The van der Waals surface area contributed by atoms with Crippen molar-refractivity contribution in [1.82, 2.24) is 4.90 Å². The van der Waals surface area contributed by atoms with Gasteiger partial charge in [-0.3, -0.25) is 4.90 Å². The topological polar surface area (TPSA) is 32.7 Å². The van der Waals surface area contributed by atoms with Crippen molar-refractivity contribution >= 4 is 0 Å². The van der Waals surface area contributed by atoms with Crippen LogP contribution in [0.2, 0.25) is 0 Å². The lowest BCUT2D eigenvalue weighted by molar-refractivity contribution is -0.0606. The van der Waals surface area contributed by atoms with Crippen LogP contribution in [0.25, 0.3) is 0 Å². The highest BCUT2D eigenvalue weighted by molar-refractivity contribution is 4.93. The Morgan fingerprint density at radius 1 is 1.33 bits per heavy atom. The molecule has 0 aromatic heterocycles. The van der Waals surface area contributed by atoms with Gasteiger partial charge in [0.25, 0.3) is 0 Å². The second-order valence-electron chi connectivity index (χ2n) is 3.76. The Balaban J connectivity index is 1.50. The van der Waals surface area contributed by atoms with E-state index in [0.29, 0.717) is 6.10 Å². The molecule has 2 aliphatic rings. The minimum absolute atomic E-state index is 0.249. The van der Waals surface area contributed by atoms with Gasteiger partial charge in [0.15, 0.2) is 0 Å². The summed E-state index contributed by atoms with van der Waals surface area (Å²) in [5, 5.41) is 8.53. The highest BCUT2D eigenvalue weighted by Crippen LogP contribution is 2.31. The zero-order chi connectivity index (χ0) is 8.39. The highest BCUT2D eigenvalue weighted by Gasteiger charge is 2.38. The average Bonchev–Trinajstić information content (AvgIpc) is 2.76. The molecule has 12 heavy (non-hydrogen) atoms. The zero-order valence-corrected chi connectivity index (χ0v) is 7.41. The summed E-state index contributed by atoms with van der Waals surface area (Å²) in [7, 11) is 0. The summed E-state index contributed by atoms with van der Waals surface area (Å²) in [5.74, 6) is 0. The van der Waals surface area contributed by atoms with Gasteiger partial charge in [0.05, 0.1) is 6.10 Å². The normalized spacial score (nSPS) is 25.8. The molecule has 0 aromatic carbocycles. The Hall–Kier alpha value is -0.120. The van der Waals surface area contributed by atoms with Gasteiger partial charge in [-0.25, -0.2) is 0 Å². The van der Waals surface area contributed by atoms with Crippen molar-refractivity contribution in [2.24, 2.45) is 0 Å². The van der Waals surface area contributed by atoms with Crippen LogP contribution in [0.3, 0.4) is 0 Å². The minimum Gasteiger partial charge on any atom is -0.396 e. The highest BCUT2D eigenvalue weighted by atomic mass is 16.5. The maximum Gasteiger partial charge on any atom is 0.0828 e. The Morgan fingerprint density at radius 2 is 2.08 bits per heavy atom. The lowest BCUT2D eigenvalue weighted by Crippen LogP contribution is -2.53. The molecule has 1 aliphatic carbocycles. The van der Waals surface area contributed by atoms with E-state index >= 15 is 0 Å². The van der Waals surface area contributed by atoms with E-state index in [-0.39, 0.29) is 6.61 Å². The van der Waals surface area contributed by atoms with Crippen LogP contribution in [0.4, 0.5) is 0 Å². The fourth-order valence-electron chi connectivity index (χ4n) is 1.63. The first kappa shape index (κ1) is 8.48. The number of nitrogens with zero attached hydrogens (tertiary/aromatic N) is 1. The molecule has 1 saturated carbocycles. The Labute approximate surface area is 73.3 Å². The predicted molar refractivity (Wildman–Crippen MR) is 46.0 cm³/mol. The van der Waals surface area contributed by atoms with E-state index in [2.05, 4.69) is 4.90 Å². The molecule has 0 bridgehead atoms. The predicted octanol–water partition coefficient (Wildman–Crippen LogP) is 0.232. The van der Waals surface area contributed by atoms with Gasteiger partial charge >= 0.3 is 0 Å². The van der Waals surface area contributed by atoms with Crippen molar-refractivity contribution in [3.63, 3.8) is 0 Å². The van der Waals surface area contributed by atoms with Crippen LogP contribution >= 0.6 is 0 Å². The van der Waals surface area contributed by atoms with Crippen molar-refractivity contribution in [3.05, 3.63) is 0 Å². The van der Waals surface area contributed by atoms with Crippen LogP contribution in [-0.4, -0.2) is 48.5 Å². The molecule has 3 heteroatoms. The smallest absolute Gasteiger partial charge is 0.0828 e. The van der Waals surface area contributed by atoms with Crippen LogP contribution < -0.4 is 0 Å². The lowest BCUT2D eigenvalue weighted by atomic mass is 10.1. The Morgan fingerprint density at radius 3 is 2.67 bits per heavy atom. The lowest BCUT2D eigenvalue weighted by Gasteiger charge is -2.39. The van der Waals surface area contributed by atoms with Crippen LogP contribution in [0, 0.1) is 0 Å². The molecule has 1 heterocycles. The molecule has 70 valence electrons. The number of ether oxygens (including phenoxy) is 1. The number of aliphatic hydroxyl groups is 1. The zero-order valence-electron chi connectivity index (χ0n) is 7.41. The molecule has 0 amide bonds. The monoisotopic (exact) mass is 171 g/mol. The third-order valence-corrected chi connectivity index (χ3v) is 2.60. The fourth-order valence-corrected chi connectivity index (χ4v) is 1.63. The molecule has 1 aliphatic heterocycles. The molecule has 0 spiro atoms. The van der Waals surface area contributed by atoms with Crippen LogP contribution in [-0.2, 0) is 4.74 Å². The van der Waals surface area contributed by atoms with Crippen molar-refractivity contribution in [1.29, 1.82) is 0 Å². The third kappa shape index (κ3) is 1.97. The van der Waals surface area contributed by atoms with E-state index in [1.54, 1.807) is 0 Å². The molecule has 0 aromatic rings. The number of hydrogen-bond acceptors (Lipinski definition) is 3. The standard InChI is InChI=1S/C9H17NO2/c11-4-1-5-12-9-6-10(7-9)8-2-3-8/h8-9,11H,1-7H2. The summed E-state index contributed by atoms with van der Waals surface area (Å²) in [6.45, 7) is 3.21. The molecule has 3 nitrogen and oxygen atoms in total. The van der Waals surface area contributed by atoms with Gasteiger partial charge in [-0.2, -0.15) is 0 Å². The van der Waals surface area contributed by atoms with Crippen molar-refractivity contribution in [2.75, 3.05) is 26.3 Å². The van der Waals surface area contributed by atoms with E-state index in [4.69, 9.17) is 9.84 Å². The first-order valence-electron chi connectivity index (χ1n) is 4.86. The Bertz CT molecular complexity index is 141. The molecule has 2 rings (SSSR count). The molecular weight excluding hydrogens is 154 g/mol. The summed E-state index contributed by atoms with van der Waals surface area (Å²) < 4.78 is 5.52. The summed E-state index contributed by atoms with van der Waals surface area (Å²) >= 11 is 0. The molecule has 2 fully saturated rings. The van der Waals surface area contributed by atoms with Gasteiger partial charge in [-0.15, -0.1) is 0 Å². The minimum atomic E-state index is 0.249. The molecular formula is C9H17NO2. The van der Waals surface area contributed by atoms with Gasteiger partial charge in [-0.1, -0.05) is 0 Å². The van der Waals surface area contributed by atoms with E-state index in [1.807, 2.05) is 0 Å². The third-order valence-electron chi connectivity index (χ3n) is 2.60. The van der Waals surface area contributed by atoms with E-state index in [9.17, 15) is 0 Å². The summed E-state index contributed by atoms with van der Waals surface area (Å²) in [4.78, 5) is 2.49. The van der Waals surface area contributed by atoms with E-state index < -0.39 is 0 Å². The number of aliphatic hydroxyl groups excluding tert-OH is 1. The molecule has 1 N–H and O–H groups in total. The number of likely N-dealkylation sites (tertiary alicyclic amines) is 1. The average molecular weight is 171 g/mol. The molecule has 0 atom stereocenters. The maximum atomic E-state index is 8.53. The van der Waals surface area contributed by atoms with Crippen molar-refractivity contribution in [2.45, 2.75) is 31.4 Å². The SMILES string of the molecule is OCCCOC1CN(C2CC2)C1.